The van der Waals surface area contributed by atoms with E-state index in [0.29, 0.717) is 0 Å². The molecule has 0 spiro atoms. The lowest BCUT2D eigenvalue weighted by Gasteiger charge is -2.33. The van der Waals surface area contributed by atoms with Gasteiger partial charge in [-0.15, -0.1) is 0 Å². The summed E-state index contributed by atoms with van der Waals surface area (Å²) in [5.74, 6) is 0.0301. The first kappa shape index (κ1) is 21.6. The number of hydrogen-bond donors (Lipinski definition) is 2. The van der Waals surface area contributed by atoms with E-state index in [0.717, 1.165) is 23.5 Å². The largest absolute Gasteiger partial charge is 0.461 e. The number of nitrogens with zero attached hydrogens (tertiary/aromatic N) is 1. The summed E-state index contributed by atoms with van der Waals surface area (Å²) < 4.78 is 54.2. The third-order valence-electron chi connectivity index (χ3n) is 4.46. The molecule has 0 radical (unpaired) electrons. The lowest BCUT2D eigenvalue weighted by Crippen LogP contribution is -2.39. The molecule has 1 aromatic carbocycles. The van der Waals surface area contributed by atoms with E-state index >= 15 is 0 Å². The zero-order valence-electron chi connectivity index (χ0n) is 16.0. The third-order valence-corrected chi connectivity index (χ3v) is 4.46. The van der Waals surface area contributed by atoms with Crippen LogP contribution in [0.5, 0.6) is 5.75 Å². The van der Waals surface area contributed by atoms with Crippen molar-refractivity contribution in [1.29, 1.82) is 0 Å². The molecule has 0 aromatic heterocycles. The molecule has 5 nitrogen and oxygen atoms in total. The number of ether oxygens (including phenoxy) is 1. The molecule has 154 valence electrons. The molecule has 1 aliphatic rings. The van der Waals surface area contributed by atoms with E-state index in [4.69, 9.17) is 0 Å². The van der Waals surface area contributed by atoms with Crippen LogP contribution in [0.2, 0.25) is 0 Å². The summed E-state index contributed by atoms with van der Waals surface area (Å²) in [5.41, 5.74) is 1.11. The van der Waals surface area contributed by atoms with Gasteiger partial charge in [0.25, 0.3) is 5.91 Å². The van der Waals surface area contributed by atoms with Gasteiger partial charge in [0.05, 0.1) is 6.04 Å². The molecule has 9 heteroatoms. The summed E-state index contributed by atoms with van der Waals surface area (Å²) in [5, 5.41) is 5.92. The normalized spacial score (nSPS) is 18.3. The fourth-order valence-corrected chi connectivity index (χ4v) is 2.67. The molecular weight excluding hydrogens is 378 g/mol. The smallest absolute Gasteiger partial charge is 0.428 e. The molecule has 0 aliphatic carbocycles. The molecular formula is C19H23F4N3O2. The number of benzene rings is 1. The maximum absolute atomic E-state index is 12.9. The van der Waals surface area contributed by atoms with Crippen molar-refractivity contribution in [2.24, 2.45) is 0 Å². The van der Waals surface area contributed by atoms with Gasteiger partial charge in [-0.25, -0.2) is 0 Å². The molecule has 28 heavy (non-hydrogen) atoms. The topological polar surface area (TPSA) is 53.6 Å². The number of carbonyl (C=O) groups is 1. The van der Waals surface area contributed by atoms with Crippen LogP contribution < -0.4 is 15.4 Å². The Kier molecular flexibility index (Phi) is 6.58. The molecule has 0 saturated carbocycles. The Hall–Kier alpha value is -2.71. The Labute approximate surface area is 161 Å². The monoisotopic (exact) mass is 401 g/mol. The zero-order chi connectivity index (χ0) is 21.1. The predicted octanol–water partition coefficient (Wildman–Crippen LogP) is 3.36. The van der Waals surface area contributed by atoms with E-state index in [2.05, 4.69) is 15.4 Å². The second kappa shape index (κ2) is 8.53. The summed E-state index contributed by atoms with van der Waals surface area (Å²) in [6.07, 6.45) is -4.59. The van der Waals surface area contributed by atoms with E-state index in [-0.39, 0.29) is 17.6 Å². The molecule has 0 fully saturated rings. The Morgan fingerprint density at radius 2 is 1.86 bits per heavy atom. The molecule has 1 amide bonds. The molecule has 0 bridgehead atoms. The lowest BCUT2D eigenvalue weighted by atomic mass is 10.0. The Morgan fingerprint density at radius 3 is 2.39 bits per heavy atom. The fourth-order valence-electron chi connectivity index (χ4n) is 2.67. The number of carbonyl (C=O) groups excluding carboxylic acids is 1. The van der Waals surface area contributed by atoms with Crippen molar-refractivity contribution in [3.05, 3.63) is 53.4 Å². The lowest BCUT2D eigenvalue weighted by molar-refractivity contribution is -0.253. The van der Waals surface area contributed by atoms with Crippen molar-refractivity contribution in [2.45, 2.75) is 38.5 Å². The minimum Gasteiger partial charge on any atom is -0.428 e. The van der Waals surface area contributed by atoms with Gasteiger partial charge in [0.1, 0.15) is 11.6 Å². The van der Waals surface area contributed by atoms with Crippen molar-refractivity contribution in [2.75, 3.05) is 14.1 Å². The van der Waals surface area contributed by atoms with Gasteiger partial charge in [-0.1, -0.05) is 6.08 Å². The summed E-state index contributed by atoms with van der Waals surface area (Å²) in [6, 6.07) is 4.40. The molecule has 0 saturated heterocycles. The molecule has 2 N–H and O–H groups in total. The van der Waals surface area contributed by atoms with E-state index in [1.54, 1.807) is 0 Å². The molecule has 1 aromatic rings. The average Bonchev–Trinajstić information content (AvgIpc) is 2.63. The number of likely N-dealkylation sites (N-methyl/N-ethyl adjacent to an activating group) is 1. The second-order valence-electron chi connectivity index (χ2n) is 6.48. The van der Waals surface area contributed by atoms with Gasteiger partial charge >= 0.3 is 12.5 Å². The molecule has 2 atom stereocenters. The first-order valence-electron chi connectivity index (χ1n) is 8.65. The van der Waals surface area contributed by atoms with Crippen LogP contribution in [0.4, 0.5) is 17.6 Å². The van der Waals surface area contributed by atoms with Crippen LogP contribution in [0.25, 0.3) is 0 Å². The molecule has 1 heterocycles. The highest BCUT2D eigenvalue weighted by Gasteiger charge is 2.43. The number of amides is 1. The van der Waals surface area contributed by atoms with Gasteiger partial charge < -0.3 is 20.3 Å². The van der Waals surface area contributed by atoms with Crippen molar-refractivity contribution in [1.82, 2.24) is 15.5 Å². The summed E-state index contributed by atoms with van der Waals surface area (Å²) in [4.78, 5) is 14.5. The highest BCUT2D eigenvalue weighted by molar-refractivity contribution is 5.94. The van der Waals surface area contributed by atoms with Crippen LogP contribution in [0.15, 0.2) is 47.8 Å². The number of nitrogens with one attached hydrogen (secondary N) is 2. The summed E-state index contributed by atoms with van der Waals surface area (Å²) >= 11 is 0. The minimum atomic E-state index is -4.59. The Morgan fingerprint density at radius 1 is 1.25 bits per heavy atom. The number of alkyl halides is 4. The third kappa shape index (κ3) is 4.96. The van der Waals surface area contributed by atoms with Crippen molar-refractivity contribution < 1.29 is 27.1 Å². The number of halogens is 4. The van der Waals surface area contributed by atoms with Gasteiger partial charge in [0.2, 0.25) is 0 Å². The molecule has 1 aliphatic heterocycles. The maximum atomic E-state index is 12.9. The van der Waals surface area contributed by atoms with Gasteiger partial charge in [0, 0.05) is 25.7 Å². The highest BCUT2D eigenvalue weighted by Crippen LogP contribution is 2.27. The van der Waals surface area contributed by atoms with E-state index < -0.39 is 24.2 Å². The highest BCUT2D eigenvalue weighted by atomic mass is 19.3. The first-order valence-corrected chi connectivity index (χ1v) is 8.65. The standard InChI is InChI=1S/C19H23F4N3O2/c1-11-9-14(10-16(24-3)26(11)4)12(2)25-17(27)13-5-7-15(8-6-13)28-19(22,23)18(20)21/h5-12,18,24H,1-4H3,(H,25,27). The SMILES string of the molecule is CNC1=CC(C(C)NC(=O)c2ccc(OC(F)(F)C(F)F)cc2)=CC(C)N1C. The van der Waals surface area contributed by atoms with Crippen LogP contribution in [0.1, 0.15) is 24.2 Å². The summed E-state index contributed by atoms with van der Waals surface area (Å²) in [6.45, 7) is 3.85. The summed E-state index contributed by atoms with van der Waals surface area (Å²) in [7, 11) is 3.76. The number of rotatable bonds is 7. The van der Waals surface area contributed by atoms with Gasteiger partial charge in [-0.3, -0.25) is 4.79 Å². The van der Waals surface area contributed by atoms with Crippen LogP contribution in [0.3, 0.4) is 0 Å². The fraction of sp³-hybridized carbons (Fsp3) is 0.421. The van der Waals surface area contributed by atoms with Gasteiger partial charge in [0.15, 0.2) is 0 Å². The average molecular weight is 401 g/mol. The van der Waals surface area contributed by atoms with Gasteiger partial charge in [-0.05, 0) is 49.8 Å². The van der Waals surface area contributed by atoms with Crippen LogP contribution in [-0.4, -0.2) is 49.5 Å². The predicted molar refractivity (Wildman–Crippen MR) is 97.4 cm³/mol. The quantitative estimate of drug-likeness (QED) is 0.688. The molecule has 2 unspecified atom stereocenters. The Balaban J connectivity index is 2.05. The van der Waals surface area contributed by atoms with Crippen molar-refractivity contribution in [3.63, 3.8) is 0 Å². The number of hydrogen-bond acceptors (Lipinski definition) is 4. The maximum Gasteiger partial charge on any atom is 0.461 e. The zero-order valence-corrected chi connectivity index (χ0v) is 16.0. The van der Waals surface area contributed by atoms with Gasteiger partial charge in [-0.2, -0.15) is 17.6 Å². The molecule has 2 rings (SSSR count). The van der Waals surface area contributed by atoms with Crippen LogP contribution in [-0.2, 0) is 0 Å². The van der Waals surface area contributed by atoms with Crippen molar-refractivity contribution >= 4 is 5.91 Å². The van der Waals surface area contributed by atoms with Crippen LogP contribution >= 0.6 is 0 Å². The second-order valence-corrected chi connectivity index (χ2v) is 6.48. The Bertz CT molecular complexity index is 763. The van der Waals surface area contributed by atoms with Crippen molar-refractivity contribution in [3.8, 4) is 5.75 Å². The first-order chi connectivity index (χ1) is 13.0. The minimum absolute atomic E-state index is 0.134. The van der Waals surface area contributed by atoms with E-state index in [1.165, 1.54) is 12.1 Å². The van der Waals surface area contributed by atoms with E-state index in [1.807, 2.05) is 45.0 Å². The van der Waals surface area contributed by atoms with Crippen LogP contribution in [0, 0.1) is 0 Å². The van der Waals surface area contributed by atoms with E-state index in [9.17, 15) is 22.4 Å².